The maximum Gasteiger partial charge on any atom is 0.207 e. The summed E-state index contributed by atoms with van der Waals surface area (Å²) in [6.45, 7) is 0.673. The quantitative estimate of drug-likeness (QED) is 0.543. The molecule has 4 nitrogen and oxygen atoms in total. The van der Waals surface area contributed by atoms with Crippen LogP contribution >= 0.6 is 0 Å². The minimum Gasteiger partial charge on any atom is -0.310 e. The summed E-state index contributed by atoms with van der Waals surface area (Å²) in [6.07, 6.45) is 1.63. The van der Waals surface area contributed by atoms with Crippen LogP contribution in [0.5, 0.6) is 0 Å². The van der Waals surface area contributed by atoms with E-state index in [4.69, 9.17) is 0 Å². The molecule has 1 rings (SSSR count). The van der Waals surface area contributed by atoms with Crippen LogP contribution in [-0.4, -0.2) is 28.4 Å². The van der Waals surface area contributed by atoms with Gasteiger partial charge in [0.25, 0.3) is 0 Å². The maximum absolute atomic E-state index is 3.80. The molecule has 0 bridgehead atoms. The van der Waals surface area contributed by atoms with E-state index in [1.807, 2.05) is 14.1 Å². The molecule has 0 aliphatic rings. The smallest absolute Gasteiger partial charge is 0.207 e. The molecule has 1 aromatic rings. The van der Waals surface area contributed by atoms with Crippen molar-refractivity contribution in [2.45, 2.75) is 0 Å². The molecule has 0 aromatic carbocycles. The van der Waals surface area contributed by atoms with E-state index in [2.05, 4.69) is 27.4 Å². The van der Waals surface area contributed by atoms with Crippen LogP contribution in [0.3, 0.4) is 0 Å². The highest BCUT2D eigenvalue weighted by atomic mass is 15.2. The first-order valence-corrected chi connectivity index (χ1v) is 3.32. The molecular formula is C7H10N4. The molecule has 1 aromatic heterocycles. The molecule has 0 atom stereocenters. The molecule has 0 aliphatic heterocycles. The highest BCUT2D eigenvalue weighted by Crippen LogP contribution is 1.85. The van der Waals surface area contributed by atoms with Crippen LogP contribution in [0.2, 0.25) is 0 Å². The lowest BCUT2D eigenvalue weighted by molar-refractivity contribution is 0.890. The largest absolute Gasteiger partial charge is 0.310 e. The number of hydrogen-bond acceptors (Lipinski definition) is 3. The van der Waals surface area contributed by atoms with Crippen LogP contribution < -0.4 is 5.32 Å². The number of aryl methyl sites for hydroxylation is 1. The van der Waals surface area contributed by atoms with E-state index in [1.165, 1.54) is 0 Å². The molecule has 0 unspecified atom stereocenters. The number of nitrogens with one attached hydrogen (secondary N) is 1. The van der Waals surface area contributed by atoms with Crippen LogP contribution in [0.1, 0.15) is 5.82 Å². The maximum atomic E-state index is 3.80. The molecule has 0 radical (unpaired) electrons. The fraction of sp³-hybridized carbons (Fsp3) is 0.429. The zero-order chi connectivity index (χ0) is 8.10. The minimum absolute atomic E-state index is 0.673. The Morgan fingerprint density at radius 2 is 2.55 bits per heavy atom. The first-order valence-electron chi connectivity index (χ1n) is 3.32. The third kappa shape index (κ3) is 2.06. The van der Waals surface area contributed by atoms with Gasteiger partial charge >= 0.3 is 0 Å². The second kappa shape index (κ2) is 3.74. The fourth-order valence-electron chi connectivity index (χ4n) is 0.608. The average Bonchev–Trinajstić information content (AvgIpc) is 2.37. The Balaban J connectivity index is 2.65. The summed E-state index contributed by atoms with van der Waals surface area (Å²) in [5, 5.41) is 10.4. The predicted octanol–water partition coefficient (Wildman–Crippen LogP) is -0.614. The molecule has 0 amide bonds. The van der Waals surface area contributed by atoms with Crippen molar-refractivity contribution >= 4 is 0 Å². The first kappa shape index (κ1) is 7.76. The molecule has 0 saturated carbocycles. The van der Waals surface area contributed by atoms with Crippen LogP contribution in [0, 0.1) is 11.8 Å². The monoisotopic (exact) mass is 150 g/mol. The van der Waals surface area contributed by atoms with Crippen molar-refractivity contribution in [2.75, 3.05) is 13.6 Å². The third-order valence-corrected chi connectivity index (χ3v) is 1.18. The summed E-state index contributed by atoms with van der Waals surface area (Å²) >= 11 is 0. The van der Waals surface area contributed by atoms with Crippen molar-refractivity contribution in [1.29, 1.82) is 0 Å². The molecule has 0 spiro atoms. The molecule has 1 heterocycles. The molecule has 4 heteroatoms. The molecule has 0 fully saturated rings. The summed E-state index contributed by atoms with van der Waals surface area (Å²) in [5.41, 5.74) is 0. The molecular weight excluding hydrogens is 140 g/mol. The van der Waals surface area contributed by atoms with Gasteiger partial charge in [0, 0.05) is 7.05 Å². The van der Waals surface area contributed by atoms with Crippen LogP contribution in [0.4, 0.5) is 0 Å². The lowest BCUT2D eigenvalue weighted by Gasteiger charge is -1.87. The third-order valence-electron chi connectivity index (χ3n) is 1.18. The van der Waals surface area contributed by atoms with Gasteiger partial charge in [0.15, 0.2) is 0 Å². The lowest BCUT2D eigenvalue weighted by Crippen LogP contribution is -2.04. The van der Waals surface area contributed by atoms with Crippen LogP contribution in [0.15, 0.2) is 6.33 Å². The van der Waals surface area contributed by atoms with Crippen molar-refractivity contribution < 1.29 is 0 Å². The second-order valence-corrected chi connectivity index (χ2v) is 2.10. The fourth-order valence-corrected chi connectivity index (χ4v) is 0.608. The Hall–Kier alpha value is -1.34. The van der Waals surface area contributed by atoms with Gasteiger partial charge in [-0.05, 0) is 13.0 Å². The highest BCUT2D eigenvalue weighted by Gasteiger charge is 1.91. The van der Waals surface area contributed by atoms with Crippen molar-refractivity contribution in [3.05, 3.63) is 12.2 Å². The average molecular weight is 150 g/mol. The van der Waals surface area contributed by atoms with Gasteiger partial charge < -0.3 is 9.88 Å². The van der Waals surface area contributed by atoms with Gasteiger partial charge in [0.05, 0.1) is 6.54 Å². The van der Waals surface area contributed by atoms with E-state index in [0.29, 0.717) is 12.4 Å². The Kier molecular flexibility index (Phi) is 2.64. The summed E-state index contributed by atoms with van der Waals surface area (Å²) in [7, 11) is 3.72. The van der Waals surface area contributed by atoms with Gasteiger partial charge in [-0.25, -0.2) is 0 Å². The number of hydrogen-bond donors (Lipinski definition) is 1. The molecule has 58 valence electrons. The summed E-state index contributed by atoms with van der Waals surface area (Å²) in [5.74, 6) is 6.46. The van der Waals surface area contributed by atoms with E-state index in [0.717, 1.165) is 0 Å². The van der Waals surface area contributed by atoms with Crippen LogP contribution in [-0.2, 0) is 7.05 Å². The summed E-state index contributed by atoms with van der Waals surface area (Å²) in [6, 6.07) is 0. The Bertz CT molecular complexity index is 278. The van der Waals surface area contributed by atoms with Crippen molar-refractivity contribution in [3.63, 3.8) is 0 Å². The standard InChI is InChI=1S/C7H10N4/c1-8-5-3-4-7-10-9-6-11(7)2/h6,8H,5H2,1-2H3. The SMILES string of the molecule is CNCC#Cc1nncn1C. The van der Waals surface area contributed by atoms with Gasteiger partial charge in [-0.2, -0.15) is 0 Å². The topological polar surface area (TPSA) is 42.7 Å². The Morgan fingerprint density at radius 1 is 1.73 bits per heavy atom. The van der Waals surface area contributed by atoms with E-state index in [-0.39, 0.29) is 0 Å². The molecule has 0 aliphatic carbocycles. The zero-order valence-corrected chi connectivity index (χ0v) is 6.63. The van der Waals surface area contributed by atoms with Crippen molar-refractivity contribution in [2.24, 2.45) is 7.05 Å². The summed E-state index contributed by atoms with van der Waals surface area (Å²) in [4.78, 5) is 0. The molecule has 11 heavy (non-hydrogen) atoms. The van der Waals surface area contributed by atoms with E-state index in [1.54, 1.807) is 10.9 Å². The van der Waals surface area contributed by atoms with Crippen molar-refractivity contribution in [3.8, 4) is 11.8 Å². The van der Waals surface area contributed by atoms with Gasteiger partial charge in [-0.15, -0.1) is 10.2 Å². The van der Waals surface area contributed by atoms with Gasteiger partial charge in [0.2, 0.25) is 5.82 Å². The highest BCUT2D eigenvalue weighted by molar-refractivity contribution is 5.20. The molecule has 1 N–H and O–H groups in total. The first-order chi connectivity index (χ1) is 5.34. The predicted molar refractivity (Wildman–Crippen MR) is 41.8 cm³/mol. The van der Waals surface area contributed by atoms with Gasteiger partial charge in [-0.1, -0.05) is 5.92 Å². The summed E-state index contributed by atoms with van der Waals surface area (Å²) < 4.78 is 1.78. The number of nitrogens with zero attached hydrogens (tertiary/aromatic N) is 3. The van der Waals surface area contributed by atoms with Gasteiger partial charge in [0.1, 0.15) is 6.33 Å². The zero-order valence-electron chi connectivity index (χ0n) is 6.63. The van der Waals surface area contributed by atoms with Gasteiger partial charge in [-0.3, -0.25) is 0 Å². The Labute approximate surface area is 65.6 Å². The van der Waals surface area contributed by atoms with E-state index in [9.17, 15) is 0 Å². The molecule has 0 saturated heterocycles. The number of aromatic nitrogens is 3. The lowest BCUT2D eigenvalue weighted by atomic mass is 10.5. The van der Waals surface area contributed by atoms with E-state index < -0.39 is 0 Å². The van der Waals surface area contributed by atoms with Crippen LogP contribution in [0.25, 0.3) is 0 Å². The minimum atomic E-state index is 0.673. The Morgan fingerprint density at radius 3 is 3.09 bits per heavy atom. The second-order valence-electron chi connectivity index (χ2n) is 2.10. The van der Waals surface area contributed by atoms with E-state index >= 15 is 0 Å². The van der Waals surface area contributed by atoms with Crippen molar-refractivity contribution in [1.82, 2.24) is 20.1 Å². The normalized spacial score (nSPS) is 8.91. The number of rotatable bonds is 1.